The van der Waals surface area contributed by atoms with Crippen LogP contribution in [0.5, 0.6) is 11.5 Å². The molecule has 0 bridgehead atoms. The molecule has 136 valence electrons. The lowest BCUT2D eigenvalue weighted by Gasteiger charge is -2.33. The summed E-state index contributed by atoms with van der Waals surface area (Å²) in [6, 6.07) is 5.61. The van der Waals surface area contributed by atoms with Gasteiger partial charge in [-0.1, -0.05) is 15.9 Å². The Morgan fingerprint density at radius 3 is 2.48 bits per heavy atom. The second-order valence-electron chi connectivity index (χ2n) is 6.88. The van der Waals surface area contributed by atoms with E-state index in [1.54, 1.807) is 24.1 Å². The third-order valence-corrected chi connectivity index (χ3v) is 4.20. The standard InChI is InChI=1S/C18H23BrN2O4/c1-18(2,3)25-17(22)21-7-5-14(6-8-21)24-16-12(11-20)9-13(19)10-15(16)23-4/h9-10,14H,5-8H2,1-4H3. The molecule has 1 aliphatic heterocycles. The lowest BCUT2D eigenvalue weighted by Crippen LogP contribution is -2.44. The molecule has 2 rings (SSSR count). The molecular weight excluding hydrogens is 388 g/mol. The Kier molecular flexibility index (Phi) is 6.17. The number of ether oxygens (including phenoxy) is 3. The highest BCUT2D eigenvalue weighted by atomic mass is 79.9. The first-order valence-electron chi connectivity index (χ1n) is 8.15. The molecule has 0 radical (unpaired) electrons. The predicted octanol–water partition coefficient (Wildman–Crippen LogP) is 4.11. The monoisotopic (exact) mass is 410 g/mol. The van der Waals surface area contributed by atoms with Gasteiger partial charge in [-0.25, -0.2) is 4.79 Å². The second kappa shape index (κ2) is 7.96. The van der Waals surface area contributed by atoms with Gasteiger partial charge in [-0.05, 0) is 32.9 Å². The number of rotatable bonds is 3. The molecule has 1 aromatic carbocycles. The van der Waals surface area contributed by atoms with Gasteiger partial charge >= 0.3 is 6.09 Å². The smallest absolute Gasteiger partial charge is 0.410 e. The highest BCUT2D eigenvalue weighted by molar-refractivity contribution is 9.10. The molecule has 25 heavy (non-hydrogen) atoms. The Labute approximate surface area is 156 Å². The molecule has 0 spiro atoms. The summed E-state index contributed by atoms with van der Waals surface area (Å²) in [5.74, 6) is 0.962. The summed E-state index contributed by atoms with van der Waals surface area (Å²) in [5, 5.41) is 9.34. The van der Waals surface area contributed by atoms with Crippen LogP contribution in [0, 0.1) is 11.3 Å². The molecule has 1 heterocycles. The number of halogens is 1. The van der Waals surface area contributed by atoms with E-state index in [9.17, 15) is 10.1 Å². The van der Waals surface area contributed by atoms with Gasteiger partial charge in [-0.2, -0.15) is 5.26 Å². The Morgan fingerprint density at radius 1 is 1.32 bits per heavy atom. The van der Waals surface area contributed by atoms with Crippen LogP contribution in [0.2, 0.25) is 0 Å². The quantitative estimate of drug-likeness (QED) is 0.749. The number of benzene rings is 1. The molecule has 0 aliphatic carbocycles. The van der Waals surface area contributed by atoms with Crippen LogP contribution in [0.3, 0.4) is 0 Å². The molecule has 0 N–H and O–H groups in total. The topological polar surface area (TPSA) is 71.8 Å². The zero-order chi connectivity index (χ0) is 18.6. The Morgan fingerprint density at radius 2 is 1.96 bits per heavy atom. The third-order valence-electron chi connectivity index (χ3n) is 3.74. The molecule has 1 aliphatic rings. The molecule has 1 aromatic rings. The SMILES string of the molecule is COc1cc(Br)cc(C#N)c1OC1CCN(C(=O)OC(C)(C)C)CC1. The molecule has 0 atom stereocenters. The minimum Gasteiger partial charge on any atom is -0.493 e. The van der Waals surface area contributed by atoms with Crippen molar-refractivity contribution < 1.29 is 19.0 Å². The first-order valence-corrected chi connectivity index (χ1v) is 8.95. The number of nitrogens with zero attached hydrogens (tertiary/aromatic N) is 2. The van der Waals surface area contributed by atoms with E-state index < -0.39 is 5.60 Å². The van der Waals surface area contributed by atoms with Crippen molar-refractivity contribution in [3.05, 3.63) is 22.2 Å². The molecular formula is C18H23BrN2O4. The Balaban J connectivity index is 2.01. The van der Waals surface area contributed by atoms with E-state index in [0.29, 0.717) is 43.0 Å². The first kappa shape index (κ1) is 19.4. The van der Waals surface area contributed by atoms with Gasteiger partial charge in [0.1, 0.15) is 17.8 Å². The Bertz CT molecular complexity index is 671. The second-order valence-corrected chi connectivity index (χ2v) is 7.80. The van der Waals surface area contributed by atoms with E-state index in [1.807, 2.05) is 20.8 Å². The highest BCUT2D eigenvalue weighted by Gasteiger charge is 2.28. The largest absolute Gasteiger partial charge is 0.493 e. The number of piperidine rings is 1. The zero-order valence-corrected chi connectivity index (χ0v) is 16.6. The van der Waals surface area contributed by atoms with E-state index in [-0.39, 0.29) is 12.2 Å². The van der Waals surface area contributed by atoms with Crippen LogP contribution in [-0.2, 0) is 4.74 Å². The number of methoxy groups -OCH3 is 1. The van der Waals surface area contributed by atoms with Crippen molar-refractivity contribution in [2.24, 2.45) is 0 Å². The van der Waals surface area contributed by atoms with Crippen molar-refractivity contribution in [3.63, 3.8) is 0 Å². The van der Waals surface area contributed by atoms with Gasteiger partial charge in [0.15, 0.2) is 11.5 Å². The molecule has 6 nitrogen and oxygen atoms in total. The lowest BCUT2D eigenvalue weighted by molar-refractivity contribution is 0.0124. The number of likely N-dealkylation sites (tertiary alicyclic amines) is 1. The molecule has 1 amide bonds. The summed E-state index contributed by atoms with van der Waals surface area (Å²) in [7, 11) is 1.54. The summed E-state index contributed by atoms with van der Waals surface area (Å²) >= 11 is 3.36. The van der Waals surface area contributed by atoms with Crippen LogP contribution in [-0.4, -0.2) is 42.9 Å². The van der Waals surface area contributed by atoms with Crippen LogP contribution < -0.4 is 9.47 Å². The number of carbonyl (C=O) groups is 1. The van der Waals surface area contributed by atoms with Gasteiger partial charge in [-0.3, -0.25) is 0 Å². The van der Waals surface area contributed by atoms with E-state index in [1.165, 1.54) is 0 Å². The first-order chi connectivity index (χ1) is 11.7. The minimum absolute atomic E-state index is 0.0825. The fourth-order valence-corrected chi connectivity index (χ4v) is 3.01. The molecule has 0 aromatic heterocycles. The van der Waals surface area contributed by atoms with Gasteiger partial charge < -0.3 is 19.1 Å². The maximum atomic E-state index is 12.1. The summed E-state index contributed by atoms with van der Waals surface area (Å²) in [6.07, 6.45) is 0.956. The summed E-state index contributed by atoms with van der Waals surface area (Å²) < 4.78 is 17.5. The summed E-state index contributed by atoms with van der Waals surface area (Å²) in [6.45, 7) is 6.67. The van der Waals surface area contributed by atoms with Crippen molar-refractivity contribution in [3.8, 4) is 17.6 Å². The minimum atomic E-state index is -0.503. The van der Waals surface area contributed by atoms with Gasteiger partial charge in [0.25, 0.3) is 0 Å². The van der Waals surface area contributed by atoms with Crippen LogP contribution in [0.4, 0.5) is 4.79 Å². The molecule has 0 saturated carbocycles. The van der Waals surface area contributed by atoms with Gasteiger partial charge in [0, 0.05) is 30.4 Å². The number of carbonyl (C=O) groups excluding carboxylic acids is 1. The molecule has 0 unspecified atom stereocenters. The van der Waals surface area contributed by atoms with Crippen LogP contribution in [0.25, 0.3) is 0 Å². The predicted molar refractivity (Wildman–Crippen MR) is 96.9 cm³/mol. The normalized spacial score (nSPS) is 15.4. The molecule has 1 saturated heterocycles. The van der Waals surface area contributed by atoms with Crippen molar-refractivity contribution in [1.82, 2.24) is 4.90 Å². The van der Waals surface area contributed by atoms with E-state index in [4.69, 9.17) is 14.2 Å². The van der Waals surface area contributed by atoms with Gasteiger partial charge in [-0.15, -0.1) is 0 Å². The van der Waals surface area contributed by atoms with E-state index in [0.717, 1.165) is 4.47 Å². The number of hydrogen-bond acceptors (Lipinski definition) is 5. The summed E-state index contributed by atoms with van der Waals surface area (Å²) in [4.78, 5) is 13.8. The van der Waals surface area contributed by atoms with Crippen LogP contribution >= 0.6 is 15.9 Å². The molecule has 1 fully saturated rings. The van der Waals surface area contributed by atoms with Crippen LogP contribution in [0.15, 0.2) is 16.6 Å². The molecule has 7 heteroatoms. The van der Waals surface area contributed by atoms with Crippen molar-refractivity contribution in [2.45, 2.75) is 45.3 Å². The average molecular weight is 411 g/mol. The van der Waals surface area contributed by atoms with Gasteiger partial charge in [0.05, 0.1) is 12.7 Å². The lowest BCUT2D eigenvalue weighted by atomic mass is 10.1. The average Bonchev–Trinajstić information content (AvgIpc) is 2.55. The maximum absolute atomic E-state index is 12.1. The fourth-order valence-electron chi connectivity index (χ4n) is 2.57. The van der Waals surface area contributed by atoms with Crippen LogP contribution in [0.1, 0.15) is 39.2 Å². The zero-order valence-electron chi connectivity index (χ0n) is 15.0. The number of amides is 1. The number of hydrogen-bond donors (Lipinski definition) is 0. The van der Waals surface area contributed by atoms with Gasteiger partial charge in [0.2, 0.25) is 0 Å². The van der Waals surface area contributed by atoms with Crippen molar-refractivity contribution in [2.75, 3.05) is 20.2 Å². The summed E-state index contributed by atoms with van der Waals surface area (Å²) in [5.41, 5.74) is -0.0857. The Hall–Kier alpha value is -1.94. The van der Waals surface area contributed by atoms with E-state index in [2.05, 4.69) is 22.0 Å². The van der Waals surface area contributed by atoms with Crippen molar-refractivity contribution in [1.29, 1.82) is 5.26 Å². The fraction of sp³-hybridized carbons (Fsp3) is 0.556. The van der Waals surface area contributed by atoms with E-state index >= 15 is 0 Å². The van der Waals surface area contributed by atoms with Crippen molar-refractivity contribution >= 4 is 22.0 Å². The number of nitriles is 1. The highest BCUT2D eigenvalue weighted by Crippen LogP contribution is 2.36. The third kappa shape index (κ3) is 5.27. The maximum Gasteiger partial charge on any atom is 0.410 e.